The molecule has 9 nitrogen and oxygen atoms in total. The van der Waals surface area contributed by atoms with Crippen LogP contribution in [0.15, 0.2) is 24.3 Å². The number of benzene rings is 1. The molecule has 0 aliphatic heterocycles. The van der Waals surface area contributed by atoms with Crippen molar-refractivity contribution in [1.29, 1.82) is 0 Å². The Labute approximate surface area is 145 Å². The minimum absolute atomic E-state index is 0.150. The van der Waals surface area contributed by atoms with Crippen molar-refractivity contribution in [2.45, 2.75) is 38.1 Å². The summed E-state index contributed by atoms with van der Waals surface area (Å²) >= 11 is 0. The van der Waals surface area contributed by atoms with Crippen LogP contribution in [-0.4, -0.2) is 35.9 Å². The highest BCUT2D eigenvalue weighted by Gasteiger charge is 2.18. The maximum absolute atomic E-state index is 12.0. The number of carbonyl (C=O) groups is 2. The average molecular weight is 353 g/mol. The number of anilines is 1. The zero-order valence-corrected chi connectivity index (χ0v) is 14.1. The Balaban J connectivity index is 2.46. The number of amides is 1. The van der Waals surface area contributed by atoms with E-state index in [1.54, 1.807) is 5.32 Å². The summed E-state index contributed by atoms with van der Waals surface area (Å²) in [6.45, 7) is 1.49. The van der Waals surface area contributed by atoms with Crippen molar-refractivity contribution >= 4 is 23.3 Å². The molecule has 0 radical (unpaired) electrons. The number of non-ortho nitro benzene ring substituents is 1. The Kier molecular flexibility index (Phi) is 9.12. The minimum Gasteiger partial charge on any atom is -0.544 e. The fraction of sp³-hybridized carbons (Fsp3) is 0.500. The smallest absolute Gasteiger partial charge is 0.271 e. The number of nitrogens with two attached hydrogens (primary N) is 1. The summed E-state index contributed by atoms with van der Waals surface area (Å²) in [5, 5.41) is 26.0. The van der Waals surface area contributed by atoms with Crippen molar-refractivity contribution in [3.63, 3.8) is 0 Å². The van der Waals surface area contributed by atoms with Crippen molar-refractivity contribution in [2.24, 2.45) is 0 Å². The number of quaternary nitrogens is 2. The van der Waals surface area contributed by atoms with Gasteiger partial charge in [0.05, 0.1) is 30.4 Å². The predicted octanol–water partition coefficient (Wildman–Crippen LogP) is -1.59. The van der Waals surface area contributed by atoms with Crippen molar-refractivity contribution < 1.29 is 30.7 Å². The Bertz CT molecular complexity index is 594. The lowest BCUT2D eigenvalue weighted by molar-refractivity contribution is -0.682. The Morgan fingerprint density at radius 2 is 1.96 bits per heavy atom. The fourth-order valence-electron chi connectivity index (χ4n) is 2.37. The quantitative estimate of drug-likeness (QED) is 0.234. The van der Waals surface area contributed by atoms with Crippen LogP contribution in [0.3, 0.4) is 0 Å². The van der Waals surface area contributed by atoms with Crippen LogP contribution < -0.4 is 21.5 Å². The van der Waals surface area contributed by atoms with E-state index in [0.29, 0.717) is 6.54 Å². The molecule has 138 valence electrons. The van der Waals surface area contributed by atoms with Crippen LogP contribution in [0, 0.1) is 10.1 Å². The van der Waals surface area contributed by atoms with E-state index in [-0.39, 0.29) is 17.8 Å². The second-order valence-electron chi connectivity index (χ2n) is 5.78. The number of hydrogen-bond donors (Lipinski definition) is 3. The molecule has 0 heterocycles. The van der Waals surface area contributed by atoms with E-state index < -0.39 is 22.8 Å². The molecule has 1 atom stereocenters. The molecule has 0 spiro atoms. The second-order valence-corrected chi connectivity index (χ2v) is 5.78. The molecular weight excluding hydrogens is 328 g/mol. The Hall–Kier alpha value is -2.52. The van der Waals surface area contributed by atoms with Gasteiger partial charge in [-0.15, -0.1) is 0 Å². The van der Waals surface area contributed by atoms with Crippen molar-refractivity contribution in [3.05, 3.63) is 34.4 Å². The van der Waals surface area contributed by atoms with Crippen LogP contribution in [-0.2, 0) is 9.59 Å². The third kappa shape index (κ3) is 8.23. The highest BCUT2D eigenvalue weighted by Crippen LogP contribution is 2.17. The number of carboxylic acid groups (broad SMARTS) is 1. The van der Waals surface area contributed by atoms with Crippen molar-refractivity contribution in [2.75, 3.05) is 18.4 Å². The first kappa shape index (κ1) is 20.5. The monoisotopic (exact) mass is 353 g/mol. The van der Waals surface area contributed by atoms with E-state index in [4.69, 9.17) is 0 Å². The van der Waals surface area contributed by atoms with Crippen molar-refractivity contribution in [1.82, 2.24) is 0 Å². The molecule has 0 aliphatic rings. The molecular formula is C16H25N4O5+. The topological polar surface area (TPSA) is 157 Å². The first-order chi connectivity index (χ1) is 11.9. The normalized spacial score (nSPS) is 11.7. The van der Waals surface area contributed by atoms with Crippen LogP contribution in [0.2, 0.25) is 0 Å². The number of hydrogen-bond acceptors (Lipinski definition) is 5. The molecule has 0 unspecified atom stereocenters. The molecule has 25 heavy (non-hydrogen) atoms. The van der Waals surface area contributed by atoms with Gasteiger partial charge in [-0.3, -0.25) is 14.9 Å². The largest absolute Gasteiger partial charge is 0.544 e. The van der Waals surface area contributed by atoms with Crippen LogP contribution in [0.4, 0.5) is 11.4 Å². The van der Waals surface area contributed by atoms with Gasteiger partial charge in [-0.05, 0) is 31.7 Å². The molecule has 0 bridgehead atoms. The molecule has 0 saturated carbocycles. The summed E-state index contributed by atoms with van der Waals surface area (Å²) in [5.41, 5.74) is 3.87. The summed E-state index contributed by atoms with van der Waals surface area (Å²) in [7, 11) is 0. The maximum atomic E-state index is 12.0. The van der Waals surface area contributed by atoms with Crippen LogP contribution >= 0.6 is 0 Å². The number of nitro benzene ring substituents is 1. The van der Waals surface area contributed by atoms with Gasteiger partial charge in [0.1, 0.15) is 6.04 Å². The molecule has 1 aromatic rings. The lowest BCUT2D eigenvalue weighted by Crippen LogP contribution is -2.93. The Morgan fingerprint density at radius 3 is 2.60 bits per heavy atom. The molecule has 1 aromatic carbocycles. The van der Waals surface area contributed by atoms with E-state index in [1.165, 1.54) is 24.3 Å². The number of carbonyl (C=O) groups excluding carboxylic acids is 2. The number of rotatable bonds is 12. The van der Waals surface area contributed by atoms with Gasteiger partial charge in [0.2, 0.25) is 5.91 Å². The molecule has 0 aliphatic carbocycles. The van der Waals surface area contributed by atoms with Crippen LogP contribution in [0.1, 0.15) is 32.1 Å². The van der Waals surface area contributed by atoms with Gasteiger partial charge in [-0.2, -0.15) is 0 Å². The van der Waals surface area contributed by atoms with E-state index in [0.717, 1.165) is 32.2 Å². The van der Waals surface area contributed by atoms with Crippen LogP contribution in [0.25, 0.3) is 0 Å². The zero-order chi connectivity index (χ0) is 18.7. The lowest BCUT2D eigenvalue weighted by atomic mass is 10.1. The first-order valence-corrected chi connectivity index (χ1v) is 8.31. The standard InChI is InChI=1S/C16H24N4O5/c17-8-3-1-2-4-9-18-14(16(22)23)11-15(21)19-12-6-5-7-13(10-12)20(24)25/h5-7,10,14,18H,1-4,8-9,11,17H2,(H,19,21)(H,22,23)/p+1/t14-/m0/s1. The number of carboxylic acids is 1. The van der Waals surface area contributed by atoms with E-state index in [2.05, 4.69) is 11.1 Å². The van der Waals surface area contributed by atoms with Gasteiger partial charge >= 0.3 is 0 Å². The van der Waals surface area contributed by atoms with Gasteiger partial charge in [-0.25, -0.2) is 0 Å². The highest BCUT2D eigenvalue weighted by molar-refractivity contribution is 5.93. The summed E-state index contributed by atoms with van der Waals surface area (Å²) < 4.78 is 0. The fourth-order valence-corrected chi connectivity index (χ4v) is 2.37. The van der Waals surface area contributed by atoms with Crippen molar-refractivity contribution in [3.8, 4) is 0 Å². The molecule has 1 rings (SSSR count). The predicted molar refractivity (Wildman–Crippen MR) is 88.2 cm³/mol. The van der Waals surface area contributed by atoms with Gasteiger partial charge in [0.15, 0.2) is 0 Å². The molecule has 1 amide bonds. The van der Waals surface area contributed by atoms with Crippen LogP contribution in [0.5, 0.6) is 0 Å². The summed E-state index contributed by atoms with van der Waals surface area (Å²) in [4.78, 5) is 33.3. The molecule has 0 fully saturated rings. The van der Waals surface area contributed by atoms with Gasteiger partial charge in [0, 0.05) is 17.8 Å². The third-order valence-electron chi connectivity index (χ3n) is 3.70. The zero-order valence-electron chi connectivity index (χ0n) is 14.1. The molecule has 0 aromatic heterocycles. The first-order valence-electron chi connectivity index (χ1n) is 8.31. The maximum Gasteiger partial charge on any atom is 0.271 e. The van der Waals surface area contributed by atoms with E-state index in [1.807, 2.05) is 0 Å². The number of nitro groups is 1. The summed E-state index contributed by atoms with van der Waals surface area (Å²) in [5.74, 6) is -1.82. The molecule has 0 saturated heterocycles. The number of aliphatic carboxylic acids is 1. The Morgan fingerprint density at radius 1 is 1.24 bits per heavy atom. The second kappa shape index (κ2) is 11.1. The van der Waals surface area contributed by atoms with Gasteiger partial charge < -0.3 is 26.3 Å². The van der Waals surface area contributed by atoms with E-state index >= 15 is 0 Å². The number of nitrogens with one attached hydrogen (secondary N) is 1. The summed E-state index contributed by atoms with van der Waals surface area (Å²) in [6, 6.07) is 4.50. The third-order valence-corrected chi connectivity index (χ3v) is 3.70. The highest BCUT2D eigenvalue weighted by atomic mass is 16.6. The SMILES string of the molecule is [NH3+]CCCCCC[NH2+][C@@H](CC(=O)Nc1cccc([N+](=O)[O-])c1)C(=O)[O-]. The molecule has 9 heteroatoms. The molecule has 6 N–H and O–H groups in total. The summed E-state index contributed by atoms with van der Waals surface area (Å²) in [6.07, 6.45) is 3.70. The van der Waals surface area contributed by atoms with Gasteiger partial charge in [0.25, 0.3) is 5.69 Å². The number of nitrogens with zero attached hydrogens (tertiary/aromatic N) is 1. The average Bonchev–Trinajstić information content (AvgIpc) is 2.56. The van der Waals surface area contributed by atoms with E-state index in [9.17, 15) is 24.8 Å². The lowest BCUT2D eigenvalue weighted by Gasteiger charge is -2.16. The minimum atomic E-state index is -1.30. The van der Waals surface area contributed by atoms with Gasteiger partial charge in [-0.1, -0.05) is 6.07 Å². The number of unbranched alkanes of at least 4 members (excludes halogenated alkanes) is 3.